The lowest BCUT2D eigenvalue weighted by Crippen LogP contribution is -2.39. The maximum absolute atomic E-state index is 11.6. The van der Waals surface area contributed by atoms with Crippen molar-refractivity contribution in [3.8, 4) is 0 Å². The minimum atomic E-state index is -1.49. The van der Waals surface area contributed by atoms with Crippen LogP contribution in [-0.2, 0) is 9.53 Å². The molecule has 0 aromatic heterocycles. The summed E-state index contributed by atoms with van der Waals surface area (Å²) in [7, 11) is 0. The van der Waals surface area contributed by atoms with E-state index < -0.39 is 17.7 Å². The Morgan fingerprint density at radius 2 is 2.29 bits per heavy atom. The van der Waals surface area contributed by atoms with Gasteiger partial charge in [0.2, 0.25) is 5.60 Å². The van der Waals surface area contributed by atoms with E-state index >= 15 is 0 Å². The lowest BCUT2D eigenvalue weighted by Gasteiger charge is -2.16. The second-order valence-electron chi connectivity index (χ2n) is 3.97. The molecule has 0 radical (unpaired) electrons. The van der Waals surface area contributed by atoms with Crippen molar-refractivity contribution < 1.29 is 19.4 Å². The highest BCUT2D eigenvalue weighted by Gasteiger charge is 2.48. The van der Waals surface area contributed by atoms with Crippen molar-refractivity contribution in [2.45, 2.75) is 12.5 Å². The number of benzene rings is 1. The summed E-state index contributed by atoms with van der Waals surface area (Å²) in [4.78, 5) is 23.9. The van der Waals surface area contributed by atoms with Crippen molar-refractivity contribution in [1.29, 1.82) is 0 Å². The Hall–Kier alpha value is -1.56. The molecular formula is C11H10BrNO4. The lowest BCUT2D eigenvalue weighted by atomic mass is 10.1. The van der Waals surface area contributed by atoms with E-state index in [2.05, 4.69) is 15.9 Å². The van der Waals surface area contributed by atoms with E-state index in [0.29, 0.717) is 5.69 Å². The zero-order valence-corrected chi connectivity index (χ0v) is 10.6. The molecular weight excluding hydrogens is 290 g/mol. The van der Waals surface area contributed by atoms with Gasteiger partial charge in [0.15, 0.2) is 0 Å². The maximum Gasteiger partial charge on any atom is 0.415 e. The third kappa shape index (κ3) is 2.12. The van der Waals surface area contributed by atoms with Crippen molar-refractivity contribution >= 4 is 33.7 Å². The fourth-order valence-electron chi connectivity index (χ4n) is 1.60. The van der Waals surface area contributed by atoms with Crippen molar-refractivity contribution in [1.82, 2.24) is 0 Å². The van der Waals surface area contributed by atoms with Crippen LogP contribution in [0, 0.1) is 0 Å². The molecule has 1 heterocycles. The van der Waals surface area contributed by atoms with Crippen molar-refractivity contribution in [2.24, 2.45) is 0 Å². The molecule has 1 saturated heterocycles. The Labute approximate surface area is 106 Å². The number of carbonyl (C=O) groups excluding carboxylic acids is 1. The van der Waals surface area contributed by atoms with Crippen LogP contribution in [0.1, 0.15) is 6.92 Å². The molecule has 1 unspecified atom stereocenters. The van der Waals surface area contributed by atoms with Crippen LogP contribution in [0.15, 0.2) is 28.7 Å². The van der Waals surface area contributed by atoms with E-state index in [4.69, 9.17) is 9.84 Å². The first-order chi connectivity index (χ1) is 7.92. The Bertz CT molecular complexity index is 490. The molecule has 1 fully saturated rings. The number of aliphatic carboxylic acids is 1. The third-order valence-corrected chi connectivity index (χ3v) is 3.06. The number of hydrogen-bond acceptors (Lipinski definition) is 3. The number of carbonyl (C=O) groups is 2. The Morgan fingerprint density at radius 1 is 1.59 bits per heavy atom. The average Bonchev–Trinajstić information content (AvgIpc) is 2.56. The number of nitrogens with zero attached hydrogens (tertiary/aromatic N) is 1. The number of halogens is 1. The van der Waals surface area contributed by atoms with Crippen LogP contribution in [0.4, 0.5) is 10.5 Å². The highest BCUT2D eigenvalue weighted by Crippen LogP contribution is 2.29. The number of amides is 1. The van der Waals surface area contributed by atoms with Crippen LogP contribution in [0.2, 0.25) is 0 Å². The van der Waals surface area contributed by atoms with Gasteiger partial charge >= 0.3 is 12.1 Å². The van der Waals surface area contributed by atoms with Gasteiger partial charge in [0.1, 0.15) is 0 Å². The van der Waals surface area contributed by atoms with Crippen LogP contribution in [-0.4, -0.2) is 29.3 Å². The van der Waals surface area contributed by atoms with E-state index in [0.717, 1.165) is 4.47 Å². The fraction of sp³-hybridized carbons (Fsp3) is 0.273. The first kappa shape index (κ1) is 11.9. The summed E-state index contributed by atoms with van der Waals surface area (Å²) in [5.41, 5.74) is -0.881. The zero-order chi connectivity index (χ0) is 12.6. The zero-order valence-electron chi connectivity index (χ0n) is 9.01. The predicted octanol–water partition coefficient (Wildman–Crippen LogP) is 2.25. The van der Waals surface area contributed by atoms with Crippen molar-refractivity contribution in [2.75, 3.05) is 11.4 Å². The summed E-state index contributed by atoms with van der Waals surface area (Å²) in [6.07, 6.45) is -0.645. The molecule has 0 bridgehead atoms. The summed E-state index contributed by atoms with van der Waals surface area (Å²) in [6.45, 7) is 1.38. The standard InChI is InChI=1S/C11H10BrNO4/c1-11(9(14)15)6-13(10(16)17-11)8-4-2-3-7(12)5-8/h2-5H,6H2,1H3,(H,14,15). The molecule has 2 rings (SSSR count). The number of carboxylic acids is 1. The van der Waals surface area contributed by atoms with Gasteiger partial charge < -0.3 is 9.84 Å². The molecule has 1 N–H and O–H groups in total. The Kier molecular flexibility index (Phi) is 2.82. The molecule has 1 atom stereocenters. The normalized spacial score (nSPS) is 23.6. The van der Waals surface area contributed by atoms with Gasteiger partial charge in [0.05, 0.1) is 6.54 Å². The number of cyclic esters (lactones) is 1. The van der Waals surface area contributed by atoms with Gasteiger partial charge in [0.25, 0.3) is 0 Å². The number of carboxylic acid groups (broad SMARTS) is 1. The second kappa shape index (κ2) is 4.03. The highest BCUT2D eigenvalue weighted by atomic mass is 79.9. The maximum atomic E-state index is 11.6. The van der Waals surface area contributed by atoms with Gasteiger partial charge in [-0.3, -0.25) is 4.90 Å². The lowest BCUT2D eigenvalue weighted by molar-refractivity contribution is -0.152. The molecule has 1 aliphatic rings. The molecule has 0 spiro atoms. The average molecular weight is 300 g/mol. The number of hydrogen-bond donors (Lipinski definition) is 1. The van der Waals surface area contributed by atoms with E-state index in [1.165, 1.54) is 11.8 Å². The van der Waals surface area contributed by atoms with Gasteiger partial charge in [-0.05, 0) is 25.1 Å². The van der Waals surface area contributed by atoms with Gasteiger partial charge in [-0.1, -0.05) is 22.0 Å². The smallest absolute Gasteiger partial charge is 0.415 e. The third-order valence-electron chi connectivity index (χ3n) is 2.57. The Morgan fingerprint density at radius 3 is 2.82 bits per heavy atom. The fourth-order valence-corrected chi connectivity index (χ4v) is 1.99. The molecule has 1 aromatic rings. The quantitative estimate of drug-likeness (QED) is 0.909. The molecule has 6 heteroatoms. The van der Waals surface area contributed by atoms with Crippen LogP contribution in [0.25, 0.3) is 0 Å². The first-order valence-corrected chi connectivity index (χ1v) is 5.71. The molecule has 90 valence electrons. The van der Waals surface area contributed by atoms with Gasteiger partial charge in [-0.2, -0.15) is 0 Å². The SMILES string of the molecule is CC1(C(=O)O)CN(c2cccc(Br)c2)C(=O)O1. The molecule has 17 heavy (non-hydrogen) atoms. The van der Waals surface area contributed by atoms with E-state index in [-0.39, 0.29) is 6.54 Å². The van der Waals surface area contributed by atoms with Crippen LogP contribution >= 0.6 is 15.9 Å². The van der Waals surface area contributed by atoms with E-state index in [9.17, 15) is 9.59 Å². The number of rotatable bonds is 2. The van der Waals surface area contributed by atoms with Crippen LogP contribution in [0.5, 0.6) is 0 Å². The van der Waals surface area contributed by atoms with Crippen LogP contribution in [0.3, 0.4) is 0 Å². The molecule has 5 nitrogen and oxygen atoms in total. The Balaban J connectivity index is 2.30. The summed E-state index contributed by atoms with van der Waals surface area (Å²) < 4.78 is 5.70. The summed E-state index contributed by atoms with van der Waals surface area (Å²) in [5, 5.41) is 9.00. The van der Waals surface area contributed by atoms with Gasteiger partial charge in [-0.25, -0.2) is 9.59 Å². The highest BCUT2D eigenvalue weighted by molar-refractivity contribution is 9.10. The van der Waals surface area contributed by atoms with Gasteiger partial charge in [0, 0.05) is 10.2 Å². The van der Waals surface area contributed by atoms with E-state index in [1.54, 1.807) is 18.2 Å². The largest absolute Gasteiger partial charge is 0.478 e. The summed E-state index contributed by atoms with van der Waals surface area (Å²) in [6, 6.07) is 7.04. The van der Waals surface area contributed by atoms with Gasteiger partial charge in [-0.15, -0.1) is 0 Å². The van der Waals surface area contributed by atoms with E-state index in [1.807, 2.05) is 6.07 Å². The topological polar surface area (TPSA) is 66.8 Å². The summed E-state index contributed by atoms with van der Waals surface area (Å²) in [5.74, 6) is -1.15. The first-order valence-electron chi connectivity index (χ1n) is 4.92. The minimum absolute atomic E-state index is 0.00236. The predicted molar refractivity (Wildman–Crippen MR) is 64.0 cm³/mol. The molecule has 1 aromatic carbocycles. The van der Waals surface area contributed by atoms with Crippen molar-refractivity contribution in [3.05, 3.63) is 28.7 Å². The van der Waals surface area contributed by atoms with Crippen molar-refractivity contribution in [3.63, 3.8) is 0 Å². The molecule has 0 saturated carbocycles. The minimum Gasteiger partial charge on any atom is -0.478 e. The molecule has 1 aliphatic heterocycles. The van der Waals surface area contributed by atoms with Crippen LogP contribution < -0.4 is 4.90 Å². The molecule has 0 aliphatic carbocycles. The number of ether oxygens (including phenoxy) is 1. The summed E-state index contributed by atoms with van der Waals surface area (Å²) >= 11 is 3.29. The second-order valence-corrected chi connectivity index (χ2v) is 4.89. The molecule has 1 amide bonds. The monoisotopic (exact) mass is 299 g/mol. The number of anilines is 1.